The van der Waals surface area contributed by atoms with Crippen LogP contribution in [0.4, 0.5) is 0 Å². The third kappa shape index (κ3) is 2.35. The van der Waals surface area contributed by atoms with Crippen molar-refractivity contribution >= 4 is 42.4 Å². The summed E-state index contributed by atoms with van der Waals surface area (Å²) in [5, 5.41) is 0. The minimum atomic E-state index is -5.02. The van der Waals surface area contributed by atoms with Crippen LogP contribution in [0.5, 0.6) is 0 Å². The molecule has 10 heteroatoms. The summed E-state index contributed by atoms with van der Waals surface area (Å²) in [7, 11) is 0. The first-order valence-electron chi connectivity index (χ1n) is 1.67. The van der Waals surface area contributed by atoms with Gasteiger partial charge in [-0.2, -0.15) is 0 Å². The molecule has 1 fully saturated rings. The Hall–Kier alpha value is 0.638. The molecular weight excluding hydrogens is 349 g/mol. The fourth-order valence-electron chi connectivity index (χ4n) is 0.215. The van der Waals surface area contributed by atoms with Crippen LogP contribution in [0.2, 0.25) is 0 Å². The molecule has 0 radical (unpaired) electrons. The normalized spacial score (nSPS) is 39.2. The van der Waals surface area contributed by atoms with Crippen LogP contribution in [-0.4, -0.2) is 42.4 Å². The van der Waals surface area contributed by atoms with E-state index >= 15 is 0 Å². The molecule has 1 rings (SSSR count). The topological polar surface area (TPSA) is 96.0 Å². The quantitative estimate of drug-likeness (QED) is 0.475. The third-order valence-corrected chi connectivity index (χ3v) is 10.5. The third-order valence-electron chi connectivity index (χ3n) is 0.389. The van der Waals surface area contributed by atoms with Gasteiger partial charge in [0, 0.05) is 0 Å². The molecule has 1 heterocycles. The second-order valence-corrected chi connectivity index (χ2v) is 9.75. The monoisotopic (exact) mass is 352 g/mol. The molecule has 0 saturated carbocycles. The van der Waals surface area contributed by atoms with E-state index < -0.39 is 42.4 Å². The Balaban J connectivity index is 2.89. The Labute approximate surface area is 66.4 Å². The van der Waals surface area contributed by atoms with Crippen LogP contribution in [0.25, 0.3) is 0 Å². The molecular formula is O7Se3. The summed E-state index contributed by atoms with van der Waals surface area (Å²) in [6, 6.07) is 0. The summed E-state index contributed by atoms with van der Waals surface area (Å²) in [4.78, 5) is 0. The molecule has 0 bridgehead atoms. The molecule has 7 nitrogen and oxygen atoms in total. The van der Waals surface area contributed by atoms with Crippen molar-refractivity contribution in [1.82, 2.24) is 0 Å². The van der Waals surface area contributed by atoms with Crippen molar-refractivity contribution in [3.05, 3.63) is 0 Å². The second kappa shape index (κ2) is 2.94. The first-order valence-corrected chi connectivity index (χ1v) is 8.66. The van der Waals surface area contributed by atoms with Gasteiger partial charge in [0.15, 0.2) is 0 Å². The maximum absolute atomic E-state index is 10.3. The van der Waals surface area contributed by atoms with E-state index in [-0.39, 0.29) is 0 Å². The van der Waals surface area contributed by atoms with Crippen molar-refractivity contribution in [2.45, 2.75) is 0 Å². The van der Waals surface area contributed by atoms with E-state index in [1.54, 1.807) is 0 Å². The van der Waals surface area contributed by atoms with Gasteiger partial charge in [-0.25, -0.2) is 0 Å². The van der Waals surface area contributed by atoms with Crippen molar-refractivity contribution in [2.75, 3.05) is 0 Å². The molecule has 0 amide bonds. The summed E-state index contributed by atoms with van der Waals surface area (Å²) < 4.78 is 52.5. The van der Waals surface area contributed by atoms with E-state index in [1.165, 1.54) is 0 Å². The van der Waals surface area contributed by atoms with Gasteiger partial charge in [-0.1, -0.05) is 0 Å². The Kier molecular flexibility index (Phi) is 2.57. The maximum atomic E-state index is 10.3. The molecule has 0 atom stereocenters. The Morgan fingerprint density at radius 3 is 1.70 bits per heavy atom. The summed E-state index contributed by atoms with van der Waals surface area (Å²) in [6.45, 7) is 0. The van der Waals surface area contributed by atoms with Crippen molar-refractivity contribution in [2.24, 2.45) is 0 Å². The van der Waals surface area contributed by atoms with Crippen LogP contribution < -0.4 is 0 Å². The van der Waals surface area contributed by atoms with Crippen LogP contribution in [-0.2, 0) is 24.0 Å². The summed E-state index contributed by atoms with van der Waals surface area (Å²) in [5.41, 5.74) is 0. The molecule has 0 aromatic rings. The number of rotatable bonds is 0. The van der Waals surface area contributed by atoms with Crippen molar-refractivity contribution < 1.29 is 24.0 Å². The van der Waals surface area contributed by atoms with E-state index in [4.69, 9.17) is 0 Å². The van der Waals surface area contributed by atoms with Gasteiger partial charge in [-0.15, -0.1) is 0 Å². The molecule has 0 unspecified atom stereocenters. The average Bonchev–Trinajstić information content (AvgIpc) is 1.54. The van der Waals surface area contributed by atoms with Crippen LogP contribution >= 0.6 is 0 Å². The predicted molar refractivity (Wildman–Crippen MR) is 23.3 cm³/mol. The molecule has 0 spiro atoms. The van der Waals surface area contributed by atoms with Gasteiger partial charge in [0.05, 0.1) is 0 Å². The van der Waals surface area contributed by atoms with Crippen molar-refractivity contribution in [3.8, 4) is 0 Å². The SMILES string of the molecule is O=[Se]1O[Se](=O)O[Se](=O)(=O)O1. The molecule has 0 aromatic carbocycles. The van der Waals surface area contributed by atoms with E-state index in [0.717, 1.165) is 0 Å². The fourth-order valence-corrected chi connectivity index (χ4v) is 9.67. The van der Waals surface area contributed by atoms with Crippen LogP contribution in [0.3, 0.4) is 0 Å². The van der Waals surface area contributed by atoms with Crippen molar-refractivity contribution in [1.29, 1.82) is 0 Å². The molecule has 1 aliphatic heterocycles. The van der Waals surface area contributed by atoms with Gasteiger partial charge < -0.3 is 0 Å². The molecule has 0 aromatic heterocycles. The zero-order valence-corrected chi connectivity index (χ0v) is 9.22. The first kappa shape index (κ1) is 8.73. The Morgan fingerprint density at radius 2 is 1.40 bits per heavy atom. The molecule has 0 aliphatic carbocycles. The molecule has 1 aliphatic rings. The zero-order chi connectivity index (χ0) is 7.78. The van der Waals surface area contributed by atoms with E-state index in [9.17, 15) is 15.3 Å². The molecule has 60 valence electrons. The van der Waals surface area contributed by atoms with Crippen LogP contribution in [0.15, 0.2) is 0 Å². The standard InChI is InChI=1S/O7Se3/c1-8-5-9(2)7-10(3,4)6-8. The van der Waals surface area contributed by atoms with Gasteiger partial charge >= 0.3 is 66.4 Å². The van der Waals surface area contributed by atoms with Crippen molar-refractivity contribution in [3.63, 3.8) is 0 Å². The van der Waals surface area contributed by atoms with Gasteiger partial charge in [0.25, 0.3) is 0 Å². The van der Waals surface area contributed by atoms with Crippen LogP contribution in [0.1, 0.15) is 0 Å². The Bertz CT molecular complexity index is 247. The number of hydrogen-bond acceptors (Lipinski definition) is 7. The average molecular weight is 349 g/mol. The fraction of sp³-hybridized carbons (Fsp3) is 0. The molecule has 0 N–H and O–H groups in total. The summed E-state index contributed by atoms with van der Waals surface area (Å²) >= 11 is -11.7. The molecule has 1 saturated heterocycles. The van der Waals surface area contributed by atoms with Gasteiger partial charge in [-0.05, 0) is 0 Å². The second-order valence-electron chi connectivity index (χ2n) is 1.02. The summed E-state index contributed by atoms with van der Waals surface area (Å²) in [6.07, 6.45) is 0. The van der Waals surface area contributed by atoms with E-state index in [0.29, 0.717) is 0 Å². The van der Waals surface area contributed by atoms with E-state index in [2.05, 4.69) is 8.70 Å². The zero-order valence-electron chi connectivity index (χ0n) is 4.08. The van der Waals surface area contributed by atoms with Gasteiger partial charge in [0.2, 0.25) is 0 Å². The van der Waals surface area contributed by atoms with Gasteiger partial charge in [0.1, 0.15) is 0 Å². The first-order chi connectivity index (χ1) is 4.49. The molecule has 10 heavy (non-hydrogen) atoms. The van der Waals surface area contributed by atoms with Gasteiger partial charge in [-0.3, -0.25) is 0 Å². The Morgan fingerprint density at radius 1 is 1.00 bits per heavy atom. The van der Waals surface area contributed by atoms with Crippen LogP contribution in [0, 0.1) is 0 Å². The summed E-state index contributed by atoms with van der Waals surface area (Å²) in [5.74, 6) is 0. The minimum absolute atomic E-state index is 3.34. The van der Waals surface area contributed by atoms with E-state index in [1.807, 2.05) is 0 Å². The predicted octanol–water partition coefficient (Wildman–Crippen LogP) is -1.82. The number of hydrogen-bond donors (Lipinski definition) is 0.